The van der Waals surface area contributed by atoms with Crippen LogP contribution in [0.2, 0.25) is 10.0 Å². The fraction of sp³-hybridized carbons (Fsp3) is 0.150. The zero-order valence-corrected chi connectivity index (χ0v) is 15.6. The molecule has 0 atom stereocenters. The number of hydrogen-bond acceptors (Lipinski definition) is 3. The van der Waals surface area contributed by atoms with Gasteiger partial charge in [0.05, 0.1) is 23.9 Å². The summed E-state index contributed by atoms with van der Waals surface area (Å²) in [6, 6.07) is 16.0. The Morgan fingerprint density at radius 3 is 2.62 bits per heavy atom. The number of fused-ring (bicyclic) bond motifs is 1. The molecule has 0 saturated heterocycles. The molecule has 0 aromatic heterocycles. The van der Waals surface area contributed by atoms with Gasteiger partial charge in [-0.15, -0.1) is 0 Å². The highest BCUT2D eigenvalue weighted by molar-refractivity contribution is 6.36. The molecule has 26 heavy (non-hydrogen) atoms. The van der Waals surface area contributed by atoms with Crippen LogP contribution in [0.15, 0.2) is 54.6 Å². The molecule has 0 spiro atoms. The summed E-state index contributed by atoms with van der Waals surface area (Å²) < 4.78 is 5.18. The molecule has 0 saturated carbocycles. The molecule has 3 aromatic rings. The molecule has 0 aliphatic carbocycles. The summed E-state index contributed by atoms with van der Waals surface area (Å²) in [4.78, 5) is 14.0. The van der Waals surface area contributed by atoms with E-state index in [2.05, 4.69) is 0 Å². The quantitative estimate of drug-likeness (QED) is 0.593. The highest BCUT2D eigenvalue weighted by Gasteiger charge is 2.22. The van der Waals surface area contributed by atoms with Crippen molar-refractivity contribution in [3.8, 4) is 5.75 Å². The summed E-state index contributed by atoms with van der Waals surface area (Å²) in [5.74, 6) is 0.100. The van der Waals surface area contributed by atoms with Gasteiger partial charge in [0.25, 0.3) is 0 Å². The topological polar surface area (TPSA) is 49.8 Å². The molecule has 3 rings (SSSR count). The van der Waals surface area contributed by atoms with Crippen LogP contribution >= 0.6 is 23.2 Å². The Labute approximate surface area is 161 Å². The van der Waals surface area contributed by atoms with E-state index in [4.69, 9.17) is 27.9 Å². The number of benzene rings is 3. The van der Waals surface area contributed by atoms with Crippen molar-refractivity contribution in [2.24, 2.45) is 0 Å². The van der Waals surface area contributed by atoms with Crippen molar-refractivity contribution in [3.63, 3.8) is 0 Å². The first kappa shape index (κ1) is 18.4. The highest BCUT2D eigenvalue weighted by Crippen LogP contribution is 2.34. The van der Waals surface area contributed by atoms with E-state index in [0.717, 1.165) is 10.8 Å². The molecule has 1 N–H and O–H groups in total. The van der Waals surface area contributed by atoms with Crippen molar-refractivity contribution >= 4 is 45.8 Å². The minimum Gasteiger partial charge on any atom is -0.508 e. The maximum absolute atomic E-state index is 12.6. The summed E-state index contributed by atoms with van der Waals surface area (Å²) in [6.07, 6.45) is -0.552. The summed E-state index contributed by atoms with van der Waals surface area (Å²) >= 11 is 12.3. The minimum absolute atomic E-state index is 0.100. The van der Waals surface area contributed by atoms with Crippen molar-refractivity contribution in [3.05, 3.63) is 70.2 Å². The van der Waals surface area contributed by atoms with Crippen LogP contribution in [-0.4, -0.2) is 17.8 Å². The maximum atomic E-state index is 12.6. The normalized spacial score (nSPS) is 10.7. The molecule has 0 bridgehead atoms. The van der Waals surface area contributed by atoms with E-state index >= 15 is 0 Å². The molecule has 0 unspecified atom stereocenters. The molecule has 0 heterocycles. The first-order chi connectivity index (χ1) is 12.5. The van der Waals surface area contributed by atoms with Gasteiger partial charge in [-0.25, -0.2) is 4.79 Å². The minimum atomic E-state index is -0.552. The molecular formula is C20H17Cl2NO3. The van der Waals surface area contributed by atoms with Gasteiger partial charge in [-0.1, -0.05) is 53.5 Å². The zero-order valence-electron chi connectivity index (χ0n) is 14.1. The number of phenolic OH excluding ortho intramolecular Hbond substituents is 1. The Balaban J connectivity index is 2.09. The second-order valence-electron chi connectivity index (χ2n) is 5.67. The van der Waals surface area contributed by atoms with Gasteiger partial charge >= 0.3 is 6.09 Å². The molecular weight excluding hydrogens is 373 g/mol. The second-order valence-corrected chi connectivity index (χ2v) is 6.51. The Kier molecular flexibility index (Phi) is 5.55. The van der Waals surface area contributed by atoms with E-state index in [9.17, 15) is 9.90 Å². The van der Waals surface area contributed by atoms with Crippen LogP contribution in [0.1, 0.15) is 12.5 Å². The molecule has 0 radical (unpaired) electrons. The third-order valence-corrected chi connectivity index (χ3v) is 4.56. The largest absolute Gasteiger partial charge is 0.508 e. The van der Waals surface area contributed by atoms with E-state index in [1.807, 2.05) is 30.3 Å². The van der Waals surface area contributed by atoms with Crippen molar-refractivity contribution in [2.45, 2.75) is 13.5 Å². The predicted molar refractivity (Wildman–Crippen MR) is 105 cm³/mol. The number of carbonyl (C=O) groups is 1. The van der Waals surface area contributed by atoms with Crippen LogP contribution in [0, 0.1) is 0 Å². The van der Waals surface area contributed by atoms with Crippen LogP contribution in [0.25, 0.3) is 10.8 Å². The number of hydrogen-bond donors (Lipinski definition) is 1. The lowest BCUT2D eigenvalue weighted by molar-refractivity contribution is 0.159. The van der Waals surface area contributed by atoms with Crippen molar-refractivity contribution in [1.29, 1.82) is 0 Å². The lowest BCUT2D eigenvalue weighted by Crippen LogP contribution is -2.31. The summed E-state index contributed by atoms with van der Waals surface area (Å²) in [5, 5.41) is 13.0. The van der Waals surface area contributed by atoms with Gasteiger partial charge in [-0.2, -0.15) is 0 Å². The molecule has 3 aromatic carbocycles. The van der Waals surface area contributed by atoms with Crippen LogP contribution in [0.3, 0.4) is 0 Å². The lowest BCUT2D eigenvalue weighted by Gasteiger charge is -2.24. The van der Waals surface area contributed by atoms with Gasteiger partial charge in [0, 0.05) is 10.6 Å². The SMILES string of the molecule is CCOC(=O)N(Cc1c(O)ccc2ccccc12)c1ccc(Cl)cc1Cl. The zero-order chi connectivity index (χ0) is 18.7. The van der Waals surface area contributed by atoms with E-state index < -0.39 is 6.09 Å². The van der Waals surface area contributed by atoms with E-state index in [1.54, 1.807) is 31.2 Å². The average molecular weight is 390 g/mol. The predicted octanol–water partition coefficient (Wildman–Crippen LogP) is 6.02. The Bertz CT molecular complexity index is 959. The number of nitrogens with zero attached hydrogens (tertiary/aromatic N) is 1. The van der Waals surface area contributed by atoms with Crippen LogP contribution < -0.4 is 4.90 Å². The highest BCUT2D eigenvalue weighted by atomic mass is 35.5. The monoisotopic (exact) mass is 389 g/mol. The third kappa shape index (κ3) is 3.71. The van der Waals surface area contributed by atoms with Crippen LogP contribution in [-0.2, 0) is 11.3 Å². The van der Waals surface area contributed by atoms with Crippen LogP contribution in [0.4, 0.5) is 10.5 Å². The maximum Gasteiger partial charge on any atom is 0.414 e. The van der Waals surface area contributed by atoms with Gasteiger partial charge in [-0.05, 0) is 42.0 Å². The number of phenols is 1. The summed E-state index contributed by atoms with van der Waals surface area (Å²) in [7, 11) is 0. The molecule has 6 heteroatoms. The molecule has 1 amide bonds. The smallest absolute Gasteiger partial charge is 0.414 e. The van der Waals surface area contributed by atoms with Gasteiger partial charge in [0.2, 0.25) is 0 Å². The number of aromatic hydroxyl groups is 1. The third-order valence-electron chi connectivity index (χ3n) is 4.02. The number of anilines is 1. The fourth-order valence-corrected chi connectivity index (χ4v) is 3.31. The number of halogens is 2. The lowest BCUT2D eigenvalue weighted by atomic mass is 10.0. The average Bonchev–Trinajstić information content (AvgIpc) is 2.62. The first-order valence-corrected chi connectivity index (χ1v) is 8.85. The van der Waals surface area contributed by atoms with Gasteiger partial charge in [0.15, 0.2) is 0 Å². The number of rotatable bonds is 4. The standard InChI is InChI=1S/C20H17Cl2NO3/c1-2-26-20(25)23(18-9-8-14(21)11-17(18)22)12-16-15-6-4-3-5-13(15)7-10-19(16)24/h3-11,24H,2,12H2,1H3. The first-order valence-electron chi connectivity index (χ1n) is 8.10. The second kappa shape index (κ2) is 7.85. The van der Waals surface area contributed by atoms with Crippen molar-refractivity contribution in [1.82, 2.24) is 0 Å². The molecule has 0 aliphatic heterocycles. The van der Waals surface area contributed by atoms with Crippen molar-refractivity contribution < 1.29 is 14.6 Å². The summed E-state index contributed by atoms with van der Waals surface area (Å²) in [5.41, 5.74) is 1.07. The van der Waals surface area contributed by atoms with E-state index in [-0.39, 0.29) is 18.9 Å². The molecule has 134 valence electrons. The molecule has 0 aliphatic rings. The number of amides is 1. The Morgan fingerprint density at radius 1 is 1.12 bits per heavy atom. The fourth-order valence-electron chi connectivity index (χ4n) is 2.80. The van der Waals surface area contributed by atoms with E-state index in [0.29, 0.717) is 21.3 Å². The van der Waals surface area contributed by atoms with Crippen molar-refractivity contribution in [2.75, 3.05) is 11.5 Å². The number of carbonyl (C=O) groups excluding carboxylic acids is 1. The van der Waals surface area contributed by atoms with E-state index in [1.165, 1.54) is 4.90 Å². The van der Waals surface area contributed by atoms with Gasteiger partial charge < -0.3 is 9.84 Å². The van der Waals surface area contributed by atoms with Crippen LogP contribution in [0.5, 0.6) is 5.75 Å². The van der Waals surface area contributed by atoms with Gasteiger partial charge in [-0.3, -0.25) is 4.90 Å². The Hall–Kier alpha value is -2.43. The van der Waals surface area contributed by atoms with Gasteiger partial charge in [0.1, 0.15) is 5.75 Å². The number of ether oxygens (including phenoxy) is 1. The summed E-state index contributed by atoms with van der Waals surface area (Å²) in [6.45, 7) is 2.06. The Morgan fingerprint density at radius 2 is 1.88 bits per heavy atom. The molecule has 4 nitrogen and oxygen atoms in total. The molecule has 0 fully saturated rings.